The van der Waals surface area contributed by atoms with Gasteiger partial charge in [0.1, 0.15) is 12.1 Å². The number of carbonyl (C=O) groups excluding carboxylic acids is 1. The van der Waals surface area contributed by atoms with Gasteiger partial charge in [-0.25, -0.2) is 4.68 Å². The molecule has 3 aromatic rings. The van der Waals surface area contributed by atoms with E-state index in [4.69, 9.17) is 16.3 Å². The summed E-state index contributed by atoms with van der Waals surface area (Å²) in [6.45, 7) is 0. The fraction of sp³-hybridized carbons (Fsp3) is 0.318. The standard InChI is InChI=1S/C22H21ClN4O2/c1-29-20-5-3-2-4-17(20)19-12-18(14-8-10-16(23)11-9-14)26(21(28)15-6-7-15)22-24-13-25-27(19)22/h2-5,8-11,13,15,18-19H,6-7,12H2,1H3/t18-,19-/m1/s1. The lowest BCUT2D eigenvalue weighted by Crippen LogP contribution is -2.43. The third-order valence-electron chi connectivity index (χ3n) is 5.74. The molecule has 29 heavy (non-hydrogen) atoms. The number of benzene rings is 2. The van der Waals surface area contributed by atoms with Crippen LogP contribution in [0.1, 0.15) is 42.5 Å². The number of fused-ring (bicyclic) bond motifs is 1. The van der Waals surface area contributed by atoms with E-state index in [1.54, 1.807) is 7.11 Å². The Hall–Kier alpha value is -2.86. The number of aromatic nitrogens is 3. The molecule has 6 nitrogen and oxygen atoms in total. The second-order valence-corrected chi connectivity index (χ2v) is 7.98. The lowest BCUT2D eigenvalue weighted by molar-refractivity contribution is -0.120. The van der Waals surface area contributed by atoms with Crippen LogP contribution in [0.2, 0.25) is 5.02 Å². The molecule has 2 heterocycles. The summed E-state index contributed by atoms with van der Waals surface area (Å²) >= 11 is 6.11. The van der Waals surface area contributed by atoms with Crippen molar-refractivity contribution in [3.05, 3.63) is 71.0 Å². The molecule has 7 heteroatoms. The number of nitrogens with zero attached hydrogens (tertiary/aromatic N) is 4. The zero-order valence-corrected chi connectivity index (χ0v) is 16.8. The van der Waals surface area contributed by atoms with E-state index in [0.29, 0.717) is 17.4 Å². The topological polar surface area (TPSA) is 60.2 Å². The molecule has 1 aromatic heterocycles. The van der Waals surface area contributed by atoms with Crippen LogP contribution in [0.15, 0.2) is 54.9 Å². The van der Waals surface area contributed by atoms with E-state index in [1.165, 1.54) is 6.33 Å². The maximum atomic E-state index is 13.2. The molecule has 1 aliphatic carbocycles. The molecule has 2 atom stereocenters. The van der Waals surface area contributed by atoms with E-state index >= 15 is 0 Å². The van der Waals surface area contributed by atoms with Crippen LogP contribution in [-0.4, -0.2) is 27.8 Å². The van der Waals surface area contributed by atoms with E-state index < -0.39 is 0 Å². The fourth-order valence-corrected chi connectivity index (χ4v) is 4.27. The summed E-state index contributed by atoms with van der Waals surface area (Å²) in [6.07, 6.45) is 4.07. The maximum absolute atomic E-state index is 13.2. The van der Waals surface area contributed by atoms with E-state index in [1.807, 2.05) is 58.1 Å². The number of amides is 1. The smallest absolute Gasteiger partial charge is 0.233 e. The van der Waals surface area contributed by atoms with E-state index in [-0.39, 0.29) is 23.9 Å². The van der Waals surface area contributed by atoms with Crippen molar-refractivity contribution < 1.29 is 9.53 Å². The minimum atomic E-state index is -0.146. The Kier molecular flexibility index (Phi) is 4.51. The molecular formula is C22H21ClN4O2. The normalized spacial score (nSPS) is 21.0. The lowest BCUT2D eigenvalue weighted by Gasteiger charge is -2.39. The van der Waals surface area contributed by atoms with Crippen LogP contribution < -0.4 is 9.64 Å². The summed E-state index contributed by atoms with van der Waals surface area (Å²) in [6, 6.07) is 15.4. The summed E-state index contributed by atoms with van der Waals surface area (Å²) in [4.78, 5) is 19.5. The summed E-state index contributed by atoms with van der Waals surface area (Å²) < 4.78 is 7.46. The van der Waals surface area contributed by atoms with Gasteiger partial charge in [-0.2, -0.15) is 10.1 Å². The van der Waals surface area contributed by atoms with Crippen molar-refractivity contribution in [3.8, 4) is 5.75 Å². The van der Waals surface area contributed by atoms with Gasteiger partial charge in [-0.15, -0.1) is 0 Å². The summed E-state index contributed by atoms with van der Waals surface area (Å²) in [5.41, 5.74) is 2.07. The van der Waals surface area contributed by atoms with Crippen molar-refractivity contribution in [2.24, 2.45) is 5.92 Å². The molecular weight excluding hydrogens is 388 g/mol. The highest BCUT2D eigenvalue weighted by Gasteiger charge is 2.44. The molecule has 0 bridgehead atoms. The van der Waals surface area contributed by atoms with Crippen molar-refractivity contribution in [1.29, 1.82) is 0 Å². The highest BCUT2D eigenvalue weighted by molar-refractivity contribution is 6.30. The predicted octanol–water partition coefficient (Wildman–Crippen LogP) is 4.42. The Morgan fingerprint density at radius 2 is 1.86 bits per heavy atom. The van der Waals surface area contributed by atoms with Gasteiger partial charge in [0.25, 0.3) is 0 Å². The molecule has 0 unspecified atom stereocenters. The molecule has 0 saturated heterocycles. The molecule has 0 radical (unpaired) electrons. The molecule has 148 valence electrons. The van der Waals surface area contributed by atoms with Gasteiger partial charge >= 0.3 is 0 Å². The zero-order chi connectivity index (χ0) is 20.0. The molecule has 1 aliphatic heterocycles. The van der Waals surface area contributed by atoms with Crippen LogP contribution in [0.4, 0.5) is 5.95 Å². The van der Waals surface area contributed by atoms with Gasteiger partial charge in [-0.05, 0) is 43.0 Å². The largest absolute Gasteiger partial charge is 0.496 e. The second kappa shape index (κ2) is 7.19. The predicted molar refractivity (Wildman–Crippen MR) is 110 cm³/mol. The van der Waals surface area contributed by atoms with Crippen LogP contribution in [0, 0.1) is 5.92 Å². The Balaban J connectivity index is 1.64. The quantitative estimate of drug-likeness (QED) is 0.641. The first kappa shape index (κ1) is 18.2. The number of rotatable bonds is 4. The average molecular weight is 409 g/mol. The van der Waals surface area contributed by atoms with Crippen LogP contribution in [0.3, 0.4) is 0 Å². The third kappa shape index (κ3) is 3.17. The number of halogens is 1. The van der Waals surface area contributed by atoms with Gasteiger partial charge in [0.15, 0.2) is 0 Å². The molecule has 1 amide bonds. The first-order valence-electron chi connectivity index (χ1n) is 9.78. The number of carbonyl (C=O) groups is 1. The highest BCUT2D eigenvalue weighted by atomic mass is 35.5. The molecule has 2 aliphatic rings. The average Bonchev–Trinajstić information content (AvgIpc) is 3.49. The Morgan fingerprint density at radius 1 is 1.10 bits per heavy atom. The van der Waals surface area contributed by atoms with Crippen LogP contribution in [0.25, 0.3) is 0 Å². The van der Waals surface area contributed by atoms with E-state index in [0.717, 1.165) is 29.7 Å². The third-order valence-corrected chi connectivity index (χ3v) is 5.99. The monoisotopic (exact) mass is 408 g/mol. The SMILES string of the molecule is COc1ccccc1[C@H]1C[C@H](c2ccc(Cl)cc2)N(C(=O)C2CC2)c2ncnn21. The van der Waals surface area contributed by atoms with E-state index in [2.05, 4.69) is 10.1 Å². The molecule has 5 rings (SSSR count). The zero-order valence-electron chi connectivity index (χ0n) is 16.0. The van der Waals surface area contributed by atoms with Crippen LogP contribution in [-0.2, 0) is 4.79 Å². The van der Waals surface area contributed by atoms with Gasteiger partial charge < -0.3 is 4.74 Å². The molecule has 2 aromatic carbocycles. The van der Waals surface area contributed by atoms with Crippen molar-refractivity contribution in [2.75, 3.05) is 12.0 Å². The van der Waals surface area contributed by atoms with Crippen LogP contribution in [0.5, 0.6) is 5.75 Å². The molecule has 1 fully saturated rings. The highest BCUT2D eigenvalue weighted by Crippen LogP contribution is 2.46. The summed E-state index contributed by atoms with van der Waals surface area (Å²) in [7, 11) is 1.67. The minimum absolute atomic E-state index is 0.0813. The van der Waals surface area contributed by atoms with Gasteiger partial charge in [0, 0.05) is 16.5 Å². The van der Waals surface area contributed by atoms with Gasteiger partial charge in [-0.3, -0.25) is 9.69 Å². The lowest BCUT2D eigenvalue weighted by atomic mass is 9.91. The Bertz CT molecular complexity index is 1040. The number of ether oxygens (including phenoxy) is 1. The molecule has 1 saturated carbocycles. The van der Waals surface area contributed by atoms with Gasteiger partial charge in [0.05, 0.1) is 19.2 Å². The Morgan fingerprint density at radius 3 is 2.59 bits per heavy atom. The minimum Gasteiger partial charge on any atom is -0.496 e. The first-order chi connectivity index (χ1) is 14.2. The van der Waals surface area contributed by atoms with Crippen molar-refractivity contribution in [2.45, 2.75) is 31.3 Å². The number of anilines is 1. The first-order valence-corrected chi connectivity index (χ1v) is 10.2. The van der Waals surface area contributed by atoms with Crippen molar-refractivity contribution in [3.63, 3.8) is 0 Å². The van der Waals surface area contributed by atoms with Gasteiger partial charge in [-0.1, -0.05) is 41.9 Å². The number of hydrogen-bond acceptors (Lipinski definition) is 4. The van der Waals surface area contributed by atoms with E-state index in [9.17, 15) is 4.79 Å². The van der Waals surface area contributed by atoms with Crippen LogP contribution >= 0.6 is 11.6 Å². The maximum Gasteiger partial charge on any atom is 0.233 e. The second-order valence-electron chi connectivity index (χ2n) is 7.55. The molecule has 0 N–H and O–H groups in total. The number of para-hydroxylation sites is 1. The fourth-order valence-electron chi connectivity index (χ4n) is 4.14. The number of methoxy groups -OCH3 is 1. The van der Waals surface area contributed by atoms with Gasteiger partial charge in [0.2, 0.25) is 11.9 Å². The Labute approximate surface area is 174 Å². The van der Waals surface area contributed by atoms with Crippen molar-refractivity contribution >= 4 is 23.5 Å². The summed E-state index contributed by atoms with van der Waals surface area (Å²) in [5.74, 6) is 1.59. The molecule has 0 spiro atoms. The number of hydrogen-bond donors (Lipinski definition) is 0. The van der Waals surface area contributed by atoms with Crippen molar-refractivity contribution in [1.82, 2.24) is 14.8 Å². The summed E-state index contributed by atoms with van der Waals surface area (Å²) in [5, 5.41) is 5.15.